The highest BCUT2D eigenvalue weighted by atomic mass is 14.9. The van der Waals surface area contributed by atoms with Crippen molar-refractivity contribution < 1.29 is 0 Å². The molecule has 0 amide bonds. The first-order valence-electron chi connectivity index (χ1n) is 33.5. The molecule has 2 heterocycles. The van der Waals surface area contributed by atoms with Crippen molar-refractivity contribution in [3.8, 4) is 12.1 Å². The number of rotatable bonds is 0. The van der Waals surface area contributed by atoms with Crippen LogP contribution in [0.25, 0.3) is 70.4 Å². The molecule has 9 bridgehead atoms. The molecule has 5 fully saturated rings. The molecule has 5 saturated carbocycles. The molecule has 10 aromatic carbocycles. The molecule has 14 aliphatic rings. The Morgan fingerprint density at radius 3 is 1.39 bits per heavy atom. The van der Waals surface area contributed by atoms with Gasteiger partial charge in [0.15, 0.2) is 0 Å². The summed E-state index contributed by atoms with van der Waals surface area (Å²) in [7, 11) is 0. The third kappa shape index (κ3) is 4.26. The van der Waals surface area contributed by atoms with E-state index in [9.17, 15) is 10.5 Å². The van der Waals surface area contributed by atoms with Crippen LogP contribution in [0.5, 0.6) is 0 Å². The molecular formula is C84H63N3. The summed E-state index contributed by atoms with van der Waals surface area (Å²) in [6.07, 6.45) is 13.7. The van der Waals surface area contributed by atoms with Gasteiger partial charge in [0.05, 0.1) is 39.8 Å². The molecule has 0 aliphatic heterocycles. The van der Waals surface area contributed by atoms with E-state index in [4.69, 9.17) is 0 Å². The lowest BCUT2D eigenvalue weighted by Crippen LogP contribution is -2.69. The van der Waals surface area contributed by atoms with E-state index in [1.807, 2.05) is 0 Å². The van der Waals surface area contributed by atoms with Crippen LogP contribution >= 0.6 is 0 Å². The average molecular weight is 1110 g/mol. The first-order valence-corrected chi connectivity index (χ1v) is 33.5. The second-order valence-electron chi connectivity index (χ2n) is 31.7. The highest BCUT2D eigenvalue weighted by molar-refractivity contribution is 6.41. The van der Waals surface area contributed by atoms with Crippen LogP contribution in [0.4, 0.5) is 0 Å². The molecule has 10 unspecified atom stereocenters. The molecule has 0 radical (unpaired) electrons. The monoisotopic (exact) mass is 1110 g/mol. The fourth-order valence-electron chi connectivity index (χ4n) is 26.8. The minimum absolute atomic E-state index is 0.329. The van der Waals surface area contributed by atoms with Crippen LogP contribution in [-0.4, -0.2) is 4.40 Å². The molecule has 14 aliphatic carbocycles. The number of nitriles is 2. The maximum absolute atomic E-state index is 12.0. The first-order chi connectivity index (χ1) is 42.5. The van der Waals surface area contributed by atoms with E-state index < -0.39 is 21.7 Å². The van der Waals surface area contributed by atoms with Crippen molar-refractivity contribution in [2.24, 2.45) is 29.1 Å². The highest BCUT2D eigenvalue weighted by Crippen LogP contribution is 2.84. The van der Waals surface area contributed by atoms with Gasteiger partial charge in [-0.25, -0.2) is 0 Å². The zero-order valence-electron chi connectivity index (χ0n) is 49.8. The van der Waals surface area contributed by atoms with Gasteiger partial charge in [-0.1, -0.05) is 111 Å². The molecule has 414 valence electrons. The van der Waals surface area contributed by atoms with Gasteiger partial charge in [0.1, 0.15) is 0 Å². The predicted octanol–water partition coefficient (Wildman–Crippen LogP) is 19.4. The molecule has 87 heavy (non-hydrogen) atoms. The van der Waals surface area contributed by atoms with Crippen molar-refractivity contribution in [3.63, 3.8) is 0 Å². The number of hydrogen-bond acceptors (Lipinski definition) is 2. The van der Waals surface area contributed by atoms with Crippen LogP contribution in [0.2, 0.25) is 0 Å². The number of aromatic nitrogens is 1. The van der Waals surface area contributed by atoms with Gasteiger partial charge >= 0.3 is 0 Å². The van der Waals surface area contributed by atoms with Gasteiger partial charge in [0, 0.05) is 54.0 Å². The quantitative estimate of drug-likeness (QED) is 0.142. The molecule has 0 N–H and O–H groups in total. The van der Waals surface area contributed by atoms with E-state index in [-0.39, 0.29) is 5.41 Å². The standard InChI is InChI=1S/C84H63N3/c1-79-60-13-5-7-15-62(60)80(2,63-16-8-6-14-61(63)79)76-71-59-35-58-56-33-53-45-27-49-30-48-26-44(36-83(48,49)37-45)52(53)32-54(56)55-31-50-42-22-40-21-41(23-42)25-43(24-40)51(50)34-57(55)70(58)73-72-69(87(78(59)73)68(71)28-46(38-85)74(76)79)29-47(39-86)75-77(72)84-67-20-12-11-19-66(67)81(84,3)64-17-9-10-18-65(64)82(75,84)4/h5-20,28-29,31-35,40-45,48-49H,21-27,30,36-37H2,1-4H3. The minimum Gasteiger partial charge on any atom is -0.308 e. The molecule has 26 rings (SSSR count). The SMILES string of the molecule is CC12c3ccccc3C(C)(c3ccccc31)c1c2c(C#N)cc2c1c1cc3c4cc5c(cc4c4cc6c(cc4c3c3c4c7c(c(C#N)cc4n2c13)C1(C)c2ccccc2C2(C)c3ccccc3C721)C1CC2CC(CC6C2)C1)C1CC2CC3CC5CC23C1. The van der Waals surface area contributed by atoms with Crippen molar-refractivity contribution >= 4 is 70.4 Å². The second-order valence-corrected chi connectivity index (χ2v) is 31.7. The predicted molar refractivity (Wildman–Crippen MR) is 347 cm³/mol. The van der Waals surface area contributed by atoms with Crippen molar-refractivity contribution in [2.75, 3.05) is 0 Å². The molecule has 3 heteroatoms. The molecule has 3 nitrogen and oxygen atoms in total. The van der Waals surface area contributed by atoms with Gasteiger partial charge in [-0.2, -0.15) is 10.5 Å². The second kappa shape index (κ2) is 13.7. The lowest BCUT2D eigenvalue weighted by atomic mass is 9.32. The average Bonchev–Trinajstić information content (AvgIpc) is 1.47. The topological polar surface area (TPSA) is 52.0 Å². The van der Waals surface area contributed by atoms with Crippen molar-refractivity contribution in [3.05, 3.63) is 240 Å². The van der Waals surface area contributed by atoms with E-state index >= 15 is 0 Å². The fourth-order valence-corrected chi connectivity index (χ4v) is 26.8. The minimum atomic E-state index is -0.564. The van der Waals surface area contributed by atoms with E-state index in [0.717, 1.165) is 51.4 Å². The number of fused-ring (bicyclic) bond motifs is 26. The molecular weight excluding hydrogens is 1050 g/mol. The summed E-state index contributed by atoms with van der Waals surface area (Å²) in [6, 6.07) is 61.8. The van der Waals surface area contributed by atoms with Crippen LogP contribution in [0, 0.1) is 51.7 Å². The van der Waals surface area contributed by atoms with Crippen LogP contribution in [-0.2, 0) is 27.1 Å². The summed E-state index contributed by atoms with van der Waals surface area (Å²) < 4.78 is 2.64. The zero-order chi connectivity index (χ0) is 56.8. The Morgan fingerprint density at radius 2 is 0.828 bits per heavy atom. The van der Waals surface area contributed by atoms with E-state index in [0.29, 0.717) is 29.1 Å². The summed E-state index contributed by atoms with van der Waals surface area (Å²) in [4.78, 5) is 0. The summed E-state index contributed by atoms with van der Waals surface area (Å²) >= 11 is 0. The van der Waals surface area contributed by atoms with Gasteiger partial charge in [0.2, 0.25) is 0 Å². The summed E-state index contributed by atoms with van der Waals surface area (Å²) in [5, 5.41) is 37.9. The summed E-state index contributed by atoms with van der Waals surface area (Å²) in [5.74, 6) is 5.93. The molecule has 12 aromatic rings. The maximum Gasteiger partial charge on any atom is 0.0995 e. The molecule has 2 spiro atoms. The van der Waals surface area contributed by atoms with Crippen LogP contribution < -0.4 is 0 Å². The fraction of sp³-hybridized carbons (Fsp3) is 0.333. The lowest BCUT2D eigenvalue weighted by molar-refractivity contribution is 0.00322. The highest BCUT2D eigenvalue weighted by Gasteiger charge is 2.81. The Balaban J connectivity index is 0.959. The third-order valence-corrected chi connectivity index (χ3v) is 29.4. The van der Waals surface area contributed by atoms with Crippen molar-refractivity contribution in [1.82, 2.24) is 4.40 Å². The lowest BCUT2D eigenvalue weighted by Gasteiger charge is -2.69. The summed E-state index contributed by atoms with van der Waals surface area (Å²) in [5.41, 5.74) is 25.9. The molecule has 2 aromatic heterocycles. The first kappa shape index (κ1) is 46.0. The van der Waals surface area contributed by atoms with Crippen LogP contribution in [0.1, 0.15) is 216 Å². The van der Waals surface area contributed by atoms with Crippen LogP contribution in [0.3, 0.4) is 0 Å². The Hall–Kier alpha value is -8.24. The van der Waals surface area contributed by atoms with Gasteiger partial charge in [-0.15, -0.1) is 0 Å². The Morgan fingerprint density at radius 1 is 0.379 bits per heavy atom. The van der Waals surface area contributed by atoms with E-state index in [2.05, 4.69) is 184 Å². The number of hydrogen-bond donors (Lipinski definition) is 0. The number of nitrogens with zero attached hydrogens (tertiary/aromatic N) is 3. The largest absolute Gasteiger partial charge is 0.308 e. The van der Waals surface area contributed by atoms with Crippen molar-refractivity contribution in [2.45, 2.75) is 143 Å². The van der Waals surface area contributed by atoms with E-state index in [1.165, 1.54) is 185 Å². The smallest absolute Gasteiger partial charge is 0.0995 e. The van der Waals surface area contributed by atoms with Gasteiger partial charge in [0.25, 0.3) is 0 Å². The Bertz CT molecular complexity index is 5550. The zero-order valence-corrected chi connectivity index (χ0v) is 49.8. The van der Waals surface area contributed by atoms with Crippen LogP contribution in [0.15, 0.2) is 140 Å². The van der Waals surface area contributed by atoms with Gasteiger partial charge in [-0.3, -0.25) is 0 Å². The van der Waals surface area contributed by atoms with Crippen molar-refractivity contribution in [1.29, 1.82) is 10.5 Å². The number of benzene rings is 10. The van der Waals surface area contributed by atoms with E-state index in [1.54, 1.807) is 22.3 Å². The molecule has 0 saturated heterocycles. The van der Waals surface area contributed by atoms with Gasteiger partial charge in [-0.05, 0) is 289 Å². The molecule has 10 atom stereocenters. The Kier molecular flexibility index (Phi) is 7.25. The maximum atomic E-state index is 12.0. The Labute approximate surface area is 506 Å². The van der Waals surface area contributed by atoms with Gasteiger partial charge < -0.3 is 4.40 Å². The third-order valence-electron chi connectivity index (χ3n) is 29.4. The summed E-state index contributed by atoms with van der Waals surface area (Å²) in [6.45, 7) is 9.99. The normalized spacial score (nSPS) is 34.9.